The zero-order valence-electron chi connectivity index (χ0n) is 17.7. The van der Waals surface area contributed by atoms with Crippen LogP contribution in [-0.2, 0) is 14.3 Å². The van der Waals surface area contributed by atoms with Gasteiger partial charge in [-0.25, -0.2) is 9.59 Å². The van der Waals surface area contributed by atoms with E-state index in [1.54, 1.807) is 18.9 Å². The summed E-state index contributed by atoms with van der Waals surface area (Å²) >= 11 is 1.72. The molecule has 0 aromatic rings. The number of amides is 2. The van der Waals surface area contributed by atoms with E-state index in [0.717, 1.165) is 36.7 Å². The molecule has 6 nitrogen and oxygen atoms in total. The first kappa shape index (κ1) is 25.0. The number of ether oxygens (including phenoxy) is 2. The van der Waals surface area contributed by atoms with E-state index in [2.05, 4.69) is 10.6 Å². The molecule has 2 rings (SSSR count). The number of carbonyl (C=O) groups is 2. The van der Waals surface area contributed by atoms with E-state index in [9.17, 15) is 9.59 Å². The predicted molar refractivity (Wildman–Crippen MR) is 125 cm³/mol. The molecule has 0 aromatic carbocycles. The van der Waals surface area contributed by atoms with Gasteiger partial charge in [-0.05, 0) is 56.6 Å². The number of methoxy groups -OCH3 is 2. The quantitative estimate of drug-likeness (QED) is 0.256. The second-order valence-corrected chi connectivity index (χ2v) is 11.6. The first-order chi connectivity index (χ1) is 14.1. The molecule has 1 saturated heterocycles. The SMILES string of the molecule is COC(=O)C(CSCC1CCC(OC)CC1)NC(=O)NCCCCC1CCSS1. The molecule has 0 bridgehead atoms. The highest BCUT2D eigenvalue weighted by atomic mass is 33.1. The fourth-order valence-electron chi connectivity index (χ4n) is 3.67. The Morgan fingerprint density at radius 3 is 2.59 bits per heavy atom. The number of esters is 1. The molecule has 2 unspecified atom stereocenters. The van der Waals surface area contributed by atoms with Gasteiger partial charge in [-0.2, -0.15) is 11.8 Å². The number of carbonyl (C=O) groups excluding carboxylic acids is 2. The van der Waals surface area contributed by atoms with Crippen LogP contribution in [0, 0.1) is 5.92 Å². The standard InChI is InChI=1S/C20H36N2O4S3/c1-25-16-8-6-15(7-9-16)13-27-14-18(19(23)26-2)22-20(24)21-11-4-3-5-17-10-12-28-29-17/h15-18H,3-14H2,1-2H3,(H2,21,22,24). The summed E-state index contributed by atoms with van der Waals surface area (Å²) in [5, 5.41) is 6.43. The molecule has 29 heavy (non-hydrogen) atoms. The van der Waals surface area contributed by atoms with E-state index in [4.69, 9.17) is 9.47 Å². The molecule has 9 heteroatoms. The summed E-state index contributed by atoms with van der Waals surface area (Å²) in [5.41, 5.74) is 0. The lowest BCUT2D eigenvalue weighted by Gasteiger charge is -2.27. The van der Waals surface area contributed by atoms with Crippen LogP contribution in [0.4, 0.5) is 4.79 Å². The van der Waals surface area contributed by atoms with Gasteiger partial charge in [-0.1, -0.05) is 28.0 Å². The molecule has 2 atom stereocenters. The van der Waals surface area contributed by atoms with Gasteiger partial charge < -0.3 is 20.1 Å². The minimum absolute atomic E-state index is 0.285. The van der Waals surface area contributed by atoms with Crippen molar-refractivity contribution in [2.24, 2.45) is 5.92 Å². The van der Waals surface area contributed by atoms with Crippen LogP contribution in [0.5, 0.6) is 0 Å². The number of hydrogen-bond acceptors (Lipinski definition) is 7. The fraction of sp³-hybridized carbons (Fsp3) is 0.900. The summed E-state index contributed by atoms with van der Waals surface area (Å²) in [6.45, 7) is 0.639. The predicted octanol–water partition coefficient (Wildman–Crippen LogP) is 4.09. The van der Waals surface area contributed by atoms with E-state index >= 15 is 0 Å². The Balaban J connectivity index is 1.58. The number of rotatable bonds is 12. The van der Waals surface area contributed by atoms with E-state index < -0.39 is 6.04 Å². The highest BCUT2D eigenvalue weighted by Gasteiger charge is 2.24. The second kappa shape index (κ2) is 14.7. The van der Waals surface area contributed by atoms with Gasteiger partial charge in [0, 0.05) is 30.4 Å². The average molecular weight is 465 g/mol. The van der Waals surface area contributed by atoms with Gasteiger partial charge in [0.2, 0.25) is 0 Å². The summed E-state index contributed by atoms with van der Waals surface area (Å²) < 4.78 is 10.3. The highest BCUT2D eigenvalue weighted by Crippen LogP contribution is 2.39. The lowest BCUT2D eigenvalue weighted by Crippen LogP contribution is -2.48. The largest absolute Gasteiger partial charge is 0.467 e. The van der Waals surface area contributed by atoms with Crippen molar-refractivity contribution in [2.45, 2.75) is 68.8 Å². The van der Waals surface area contributed by atoms with E-state index in [1.807, 2.05) is 21.6 Å². The molecule has 1 aliphatic carbocycles. The first-order valence-corrected chi connectivity index (χ1v) is 14.2. The van der Waals surface area contributed by atoms with Crippen molar-refractivity contribution in [3.8, 4) is 0 Å². The Morgan fingerprint density at radius 2 is 1.93 bits per heavy atom. The number of urea groups is 1. The molecule has 0 radical (unpaired) electrons. The maximum Gasteiger partial charge on any atom is 0.329 e. The van der Waals surface area contributed by atoms with Gasteiger partial charge in [0.05, 0.1) is 13.2 Å². The highest BCUT2D eigenvalue weighted by molar-refractivity contribution is 8.77. The molecule has 2 N–H and O–H groups in total. The van der Waals surface area contributed by atoms with Crippen LogP contribution in [0.3, 0.4) is 0 Å². The Hall–Kier alpha value is -0.250. The van der Waals surface area contributed by atoms with Crippen LogP contribution in [0.2, 0.25) is 0 Å². The molecule has 168 valence electrons. The van der Waals surface area contributed by atoms with Crippen LogP contribution < -0.4 is 10.6 Å². The minimum atomic E-state index is -0.604. The molecule has 1 heterocycles. The normalized spacial score (nSPS) is 25.4. The molecule has 2 amide bonds. The molecule has 0 spiro atoms. The van der Waals surface area contributed by atoms with E-state index in [1.165, 1.54) is 38.5 Å². The first-order valence-electron chi connectivity index (χ1n) is 10.6. The third-order valence-corrected chi connectivity index (χ3v) is 9.80. The van der Waals surface area contributed by atoms with Crippen LogP contribution in [-0.4, -0.2) is 67.4 Å². The zero-order chi connectivity index (χ0) is 20.9. The maximum absolute atomic E-state index is 12.2. The fourth-order valence-corrected chi connectivity index (χ4v) is 7.96. The third-order valence-electron chi connectivity index (χ3n) is 5.52. The molecule has 1 aliphatic heterocycles. The number of nitrogens with one attached hydrogen (secondary N) is 2. The molecular weight excluding hydrogens is 428 g/mol. The molecule has 1 saturated carbocycles. The van der Waals surface area contributed by atoms with Crippen molar-refractivity contribution in [2.75, 3.05) is 38.0 Å². The van der Waals surface area contributed by atoms with Crippen molar-refractivity contribution < 1.29 is 19.1 Å². The Bertz CT molecular complexity index is 484. The smallest absolute Gasteiger partial charge is 0.329 e. The van der Waals surface area contributed by atoms with Crippen LogP contribution >= 0.6 is 33.3 Å². The van der Waals surface area contributed by atoms with Gasteiger partial charge in [0.25, 0.3) is 0 Å². The topological polar surface area (TPSA) is 76.7 Å². The lowest BCUT2D eigenvalue weighted by molar-refractivity contribution is -0.142. The van der Waals surface area contributed by atoms with Crippen molar-refractivity contribution in [3.63, 3.8) is 0 Å². The second-order valence-electron chi connectivity index (χ2n) is 7.72. The average Bonchev–Trinajstić information content (AvgIpc) is 3.26. The maximum atomic E-state index is 12.2. The summed E-state index contributed by atoms with van der Waals surface area (Å²) in [6, 6.07) is -0.889. The molecule has 0 aromatic heterocycles. The van der Waals surface area contributed by atoms with Crippen LogP contribution in [0.1, 0.15) is 51.4 Å². The molecule has 2 aliphatic rings. The van der Waals surface area contributed by atoms with Gasteiger partial charge >= 0.3 is 12.0 Å². The lowest BCUT2D eigenvalue weighted by atomic mass is 9.89. The number of thioether (sulfide) groups is 1. The third kappa shape index (κ3) is 10.1. The summed E-state index contributed by atoms with van der Waals surface area (Å²) in [6.07, 6.45) is 9.57. The number of hydrogen-bond donors (Lipinski definition) is 2. The van der Waals surface area contributed by atoms with Crippen molar-refractivity contribution in [1.29, 1.82) is 0 Å². The van der Waals surface area contributed by atoms with E-state index in [-0.39, 0.29) is 12.0 Å². The monoisotopic (exact) mass is 464 g/mol. The summed E-state index contributed by atoms with van der Waals surface area (Å²) in [5.74, 6) is 3.09. The van der Waals surface area contributed by atoms with Crippen molar-refractivity contribution in [1.82, 2.24) is 10.6 Å². The van der Waals surface area contributed by atoms with Gasteiger partial charge in [0.15, 0.2) is 0 Å². The Labute approximate surface area is 187 Å². The van der Waals surface area contributed by atoms with Gasteiger partial charge in [-0.15, -0.1) is 0 Å². The Kier molecular flexibility index (Phi) is 12.7. The Morgan fingerprint density at radius 1 is 1.14 bits per heavy atom. The molecule has 2 fully saturated rings. The van der Waals surface area contributed by atoms with Crippen LogP contribution in [0.25, 0.3) is 0 Å². The summed E-state index contributed by atoms with van der Waals surface area (Å²) in [7, 11) is 7.11. The van der Waals surface area contributed by atoms with Gasteiger partial charge in [-0.3, -0.25) is 0 Å². The van der Waals surface area contributed by atoms with E-state index in [0.29, 0.717) is 24.3 Å². The molecular formula is C20H36N2O4S3. The van der Waals surface area contributed by atoms with Gasteiger partial charge in [0.1, 0.15) is 6.04 Å². The number of unbranched alkanes of at least 4 members (excludes halogenated alkanes) is 1. The van der Waals surface area contributed by atoms with Crippen molar-refractivity contribution in [3.05, 3.63) is 0 Å². The van der Waals surface area contributed by atoms with Crippen LogP contribution in [0.15, 0.2) is 0 Å². The minimum Gasteiger partial charge on any atom is -0.467 e. The van der Waals surface area contributed by atoms with Crippen molar-refractivity contribution >= 4 is 45.4 Å². The zero-order valence-corrected chi connectivity index (χ0v) is 20.1. The summed E-state index contributed by atoms with van der Waals surface area (Å²) in [4.78, 5) is 24.2.